The van der Waals surface area contributed by atoms with Crippen LogP contribution in [0.3, 0.4) is 0 Å². The van der Waals surface area contributed by atoms with Crippen molar-refractivity contribution < 1.29 is 26.4 Å². The highest BCUT2D eigenvalue weighted by Crippen LogP contribution is 2.33. The smallest absolute Gasteiger partial charge is 0.368 e. The van der Waals surface area contributed by atoms with Crippen LogP contribution in [0, 0.1) is 0 Å². The van der Waals surface area contributed by atoms with Crippen LogP contribution in [0.15, 0.2) is 83.8 Å². The number of sulfonamides is 1. The minimum atomic E-state index is -4.61. The second-order valence-electron chi connectivity index (χ2n) is 6.92. The summed E-state index contributed by atoms with van der Waals surface area (Å²) >= 11 is 5.85. The quantitative estimate of drug-likeness (QED) is 0.526. The maximum absolute atomic E-state index is 13.5. The van der Waals surface area contributed by atoms with Crippen molar-refractivity contribution in [2.75, 3.05) is 0 Å². The van der Waals surface area contributed by atoms with Gasteiger partial charge < -0.3 is 5.73 Å². The van der Waals surface area contributed by atoms with Crippen molar-refractivity contribution in [1.82, 2.24) is 4.31 Å². The van der Waals surface area contributed by atoms with Crippen molar-refractivity contribution in [2.24, 2.45) is 5.73 Å². The fraction of sp³-hybridized carbons (Fsp3) is 0.136. The number of alkyl halides is 3. The van der Waals surface area contributed by atoms with E-state index in [2.05, 4.69) is 0 Å². The van der Waals surface area contributed by atoms with Gasteiger partial charge in [0.1, 0.15) is 6.04 Å². The summed E-state index contributed by atoms with van der Waals surface area (Å²) in [6, 6.07) is 15.9. The number of hydrogen-bond donors (Lipinski definition) is 1. The average molecular weight is 483 g/mol. The van der Waals surface area contributed by atoms with Gasteiger partial charge in [-0.05, 0) is 41.5 Å². The molecule has 0 aliphatic heterocycles. The number of primary amides is 1. The van der Waals surface area contributed by atoms with E-state index in [-0.39, 0.29) is 16.0 Å². The minimum absolute atomic E-state index is 0.0412. The van der Waals surface area contributed by atoms with E-state index in [1.165, 1.54) is 48.5 Å². The number of rotatable bonds is 7. The van der Waals surface area contributed by atoms with Gasteiger partial charge in [0.15, 0.2) is 0 Å². The third-order valence-corrected chi connectivity index (χ3v) is 6.76. The van der Waals surface area contributed by atoms with E-state index in [0.717, 1.165) is 16.4 Å². The summed E-state index contributed by atoms with van der Waals surface area (Å²) in [6.07, 6.45) is -4.61. The molecule has 0 bridgehead atoms. The van der Waals surface area contributed by atoms with Crippen LogP contribution in [0.5, 0.6) is 0 Å². The van der Waals surface area contributed by atoms with E-state index < -0.39 is 40.3 Å². The molecular formula is C22H18ClF3N2O3S. The molecular weight excluding hydrogens is 465 g/mol. The van der Waals surface area contributed by atoms with Crippen molar-refractivity contribution in [3.05, 3.63) is 101 Å². The van der Waals surface area contributed by atoms with E-state index >= 15 is 0 Å². The highest BCUT2D eigenvalue weighted by molar-refractivity contribution is 7.89. The standard InChI is InChI=1S/C22H18ClF3N2O3S/c23-18-9-11-19(12-10-18)32(30,31)28(20(21(27)29)16-6-2-1-3-7-16)14-15-5-4-8-17(13-15)22(24,25)26/h1-13,20H,14H2,(H2,27,29)/t20-/m1/s1. The van der Waals surface area contributed by atoms with Crippen LogP contribution in [0.25, 0.3) is 0 Å². The van der Waals surface area contributed by atoms with Crippen molar-refractivity contribution in [2.45, 2.75) is 23.7 Å². The van der Waals surface area contributed by atoms with E-state index in [4.69, 9.17) is 17.3 Å². The van der Waals surface area contributed by atoms with Crippen LogP contribution >= 0.6 is 11.6 Å². The Hall–Kier alpha value is -2.88. The van der Waals surface area contributed by atoms with Gasteiger partial charge in [-0.3, -0.25) is 4.79 Å². The van der Waals surface area contributed by atoms with Gasteiger partial charge >= 0.3 is 6.18 Å². The number of nitrogens with two attached hydrogens (primary N) is 1. The largest absolute Gasteiger partial charge is 0.416 e. The maximum Gasteiger partial charge on any atom is 0.416 e. The molecule has 0 heterocycles. The summed E-state index contributed by atoms with van der Waals surface area (Å²) in [5.74, 6) is -0.972. The fourth-order valence-electron chi connectivity index (χ4n) is 3.19. The molecule has 5 nitrogen and oxygen atoms in total. The molecule has 3 aromatic rings. The SMILES string of the molecule is NC(=O)[C@@H](c1ccccc1)N(Cc1cccc(C(F)(F)F)c1)S(=O)(=O)c1ccc(Cl)cc1. The van der Waals surface area contributed by atoms with Gasteiger partial charge in [0, 0.05) is 11.6 Å². The average Bonchev–Trinajstić information content (AvgIpc) is 2.74. The van der Waals surface area contributed by atoms with Gasteiger partial charge in [-0.15, -0.1) is 0 Å². The summed E-state index contributed by atoms with van der Waals surface area (Å²) < 4.78 is 67.3. The lowest BCUT2D eigenvalue weighted by Crippen LogP contribution is -2.41. The first-order valence-electron chi connectivity index (χ1n) is 9.28. The molecule has 0 aromatic heterocycles. The number of hydrogen-bond acceptors (Lipinski definition) is 3. The van der Waals surface area contributed by atoms with Gasteiger partial charge in [-0.2, -0.15) is 17.5 Å². The molecule has 32 heavy (non-hydrogen) atoms. The van der Waals surface area contributed by atoms with Crippen molar-refractivity contribution in [1.29, 1.82) is 0 Å². The summed E-state index contributed by atoms with van der Waals surface area (Å²) in [5.41, 5.74) is 4.96. The monoisotopic (exact) mass is 482 g/mol. The Morgan fingerprint density at radius 2 is 1.59 bits per heavy atom. The lowest BCUT2D eigenvalue weighted by atomic mass is 10.1. The highest BCUT2D eigenvalue weighted by Gasteiger charge is 2.37. The molecule has 0 unspecified atom stereocenters. The first-order chi connectivity index (χ1) is 15.0. The van der Waals surface area contributed by atoms with Crippen LogP contribution in [0.4, 0.5) is 13.2 Å². The number of benzene rings is 3. The number of carbonyl (C=O) groups excluding carboxylic acids is 1. The molecule has 0 saturated heterocycles. The third-order valence-electron chi connectivity index (χ3n) is 4.69. The van der Waals surface area contributed by atoms with Crippen LogP contribution < -0.4 is 5.73 Å². The van der Waals surface area contributed by atoms with Gasteiger partial charge in [0.2, 0.25) is 15.9 Å². The molecule has 0 saturated carbocycles. The number of amides is 1. The third kappa shape index (κ3) is 5.29. The Bertz CT molecular complexity index is 1200. The molecule has 0 spiro atoms. The number of nitrogens with zero attached hydrogens (tertiary/aromatic N) is 1. The normalized spacial score (nSPS) is 13.2. The van der Waals surface area contributed by atoms with Crippen molar-refractivity contribution >= 4 is 27.5 Å². The Morgan fingerprint density at radius 3 is 2.16 bits per heavy atom. The number of carbonyl (C=O) groups is 1. The van der Waals surface area contributed by atoms with Crippen molar-refractivity contribution in [3.63, 3.8) is 0 Å². The minimum Gasteiger partial charge on any atom is -0.368 e. The first kappa shape index (κ1) is 23.8. The maximum atomic E-state index is 13.5. The lowest BCUT2D eigenvalue weighted by Gasteiger charge is -2.29. The zero-order valence-electron chi connectivity index (χ0n) is 16.5. The molecule has 3 aromatic carbocycles. The molecule has 3 rings (SSSR count). The summed E-state index contributed by atoms with van der Waals surface area (Å²) in [5, 5.41) is 0.294. The second-order valence-corrected chi connectivity index (χ2v) is 9.24. The van der Waals surface area contributed by atoms with E-state index in [0.29, 0.717) is 5.02 Å². The van der Waals surface area contributed by atoms with Gasteiger partial charge in [0.05, 0.1) is 10.5 Å². The Morgan fingerprint density at radius 1 is 0.969 bits per heavy atom. The fourth-order valence-corrected chi connectivity index (χ4v) is 4.89. The first-order valence-corrected chi connectivity index (χ1v) is 11.1. The molecule has 1 amide bonds. The van der Waals surface area contributed by atoms with Crippen molar-refractivity contribution in [3.8, 4) is 0 Å². The molecule has 0 radical (unpaired) electrons. The predicted octanol–water partition coefficient (Wildman–Crippen LogP) is 4.78. The van der Waals surface area contributed by atoms with Gasteiger partial charge in [0.25, 0.3) is 0 Å². The Kier molecular flexibility index (Phi) is 6.92. The topological polar surface area (TPSA) is 80.5 Å². The molecule has 1 atom stereocenters. The van der Waals surface area contributed by atoms with Gasteiger partial charge in [-0.25, -0.2) is 8.42 Å². The zero-order valence-corrected chi connectivity index (χ0v) is 18.0. The second kappa shape index (κ2) is 9.32. The summed E-state index contributed by atoms with van der Waals surface area (Å²) in [4.78, 5) is 12.2. The van der Waals surface area contributed by atoms with Crippen LogP contribution in [0.2, 0.25) is 5.02 Å². The van der Waals surface area contributed by atoms with E-state index in [1.807, 2.05) is 0 Å². The van der Waals surface area contributed by atoms with Crippen LogP contribution in [0.1, 0.15) is 22.7 Å². The van der Waals surface area contributed by atoms with Gasteiger partial charge in [-0.1, -0.05) is 60.1 Å². The lowest BCUT2D eigenvalue weighted by molar-refractivity contribution is -0.137. The molecule has 10 heteroatoms. The van der Waals surface area contributed by atoms with Crippen LogP contribution in [-0.2, 0) is 27.5 Å². The molecule has 168 valence electrons. The summed E-state index contributed by atoms with van der Waals surface area (Å²) in [6.45, 7) is -0.516. The Labute approximate surface area is 188 Å². The van der Waals surface area contributed by atoms with E-state index in [9.17, 15) is 26.4 Å². The van der Waals surface area contributed by atoms with E-state index in [1.54, 1.807) is 18.2 Å². The number of halogens is 4. The molecule has 0 aliphatic rings. The molecule has 0 fully saturated rings. The Balaban J connectivity index is 2.15. The predicted molar refractivity (Wildman–Crippen MR) is 114 cm³/mol. The van der Waals surface area contributed by atoms with Crippen LogP contribution in [-0.4, -0.2) is 18.6 Å². The molecule has 2 N–H and O–H groups in total. The molecule has 0 aliphatic carbocycles. The highest BCUT2D eigenvalue weighted by atomic mass is 35.5. The summed E-state index contributed by atoms with van der Waals surface area (Å²) in [7, 11) is -4.36. The zero-order chi connectivity index (χ0) is 23.5.